The molecule has 1 aliphatic carbocycles. The largest absolute Gasteiger partial charge is 0.393 e. The summed E-state index contributed by atoms with van der Waals surface area (Å²) in [6.07, 6.45) is 7.55. The van der Waals surface area contributed by atoms with Crippen LogP contribution in [-0.4, -0.2) is 30.0 Å². The Morgan fingerprint density at radius 1 is 1.40 bits per heavy atom. The second-order valence-electron chi connectivity index (χ2n) is 5.14. The Labute approximate surface area is 92.0 Å². The number of aliphatic hydroxyl groups is 1. The Morgan fingerprint density at radius 3 is 2.80 bits per heavy atom. The molecule has 1 spiro atoms. The molecule has 1 aliphatic heterocycles. The summed E-state index contributed by atoms with van der Waals surface area (Å²) < 4.78 is 5.94. The van der Waals surface area contributed by atoms with Gasteiger partial charge in [-0.25, -0.2) is 0 Å². The minimum absolute atomic E-state index is 0.124. The maximum atomic E-state index is 9.98. The van der Waals surface area contributed by atoms with E-state index in [-0.39, 0.29) is 11.7 Å². The zero-order valence-electron chi connectivity index (χ0n) is 9.45. The highest BCUT2D eigenvalue weighted by Crippen LogP contribution is 2.43. The van der Waals surface area contributed by atoms with Crippen molar-refractivity contribution in [1.82, 2.24) is 0 Å². The molecule has 3 N–H and O–H groups in total. The van der Waals surface area contributed by atoms with Gasteiger partial charge in [-0.05, 0) is 44.6 Å². The topological polar surface area (TPSA) is 55.5 Å². The van der Waals surface area contributed by atoms with Gasteiger partial charge in [-0.3, -0.25) is 0 Å². The van der Waals surface area contributed by atoms with Gasteiger partial charge in [-0.15, -0.1) is 0 Å². The van der Waals surface area contributed by atoms with Crippen molar-refractivity contribution in [3.8, 4) is 0 Å². The van der Waals surface area contributed by atoms with Crippen LogP contribution in [0.1, 0.15) is 44.9 Å². The zero-order chi connectivity index (χ0) is 10.7. The van der Waals surface area contributed by atoms with Crippen molar-refractivity contribution < 1.29 is 9.84 Å². The van der Waals surface area contributed by atoms with E-state index in [2.05, 4.69) is 0 Å². The van der Waals surface area contributed by atoms with Crippen molar-refractivity contribution in [2.75, 3.05) is 13.2 Å². The number of aliphatic hydroxyl groups excluding tert-OH is 1. The maximum Gasteiger partial charge on any atom is 0.0686 e. The molecule has 0 aromatic rings. The Kier molecular flexibility index (Phi) is 3.65. The molecule has 0 aromatic heterocycles. The highest BCUT2D eigenvalue weighted by molar-refractivity contribution is 4.92. The van der Waals surface area contributed by atoms with Gasteiger partial charge >= 0.3 is 0 Å². The maximum absolute atomic E-state index is 9.98. The molecule has 2 unspecified atom stereocenters. The predicted molar refractivity (Wildman–Crippen MR) is 59.6 cm³/mol. The highest BCUT2D eigenvalue weighted by atomic mass is 16.5. The molecule has 2 aliphatic rings. The number of rotatable bonds is 3. The van der Waals surface area contributed by atoms with Crippen LogP contribution in [0.25, 0.3) is 0 Å². The first-order valence-corrected chi connectivity index (χ1v) is 6.28. The van der Waals surface area contributed by atoms with E-state index >= 15 is 0 Å². The highest BCUT2D eigenvalue weighted by Gasteiger charge is 2.41. The van der Waals surface area contributed by atoms with E-state index in [1.165, 1.54) is 25.7 Å². The van der Waals surface area contributed by atoms with Gasteiger partial charge in [0.1, 0.15) is 0 Å². The summed E-state index contributed by atoms with van der Waals surface area (Å²) >= 11 is 0. The lowest BCUT2D eigenvalue weighted by Gasteiger charge is -2.40. The molecule has 88 valence electrons. The summed E-state index contributed by atoms with van der Waals surface area (Å²) in [4.78, 5) is 0. The fourth-order valence-corrected chi connectivity index (χ4v) is 3.17. The van der Waals surface area contributed by atoms with Gasteiger partial charge in [0.25, 0.3) is 0 Å². The van der Waals surface area contributed by atoms with Crippen molar-refractivity contribution in [3.05, 3.63) is 0 Å². The van der Waals surface area contributed by atoms with Crippen molar-refractivity contribution in [2.45, 2.75) is 56.7 Å². The van der Waals surface area contributed by atoms with Crippen LogP contribution in [0.2, 0.25) is 0 Å². The van der Waals surface area contributed by atoms with Crippen LogP contribution in [0.3, 0.4) is 0 Å². The lowest BCUT2D eigenvalue weighted by atomic mass is 9.81. The first kappa shape index (κ1) is 11.4. The number of hydrogen-bond donors (Lipinski definition) is 2. The molecular weight excluding hydrogens is 190 g/mol. The van der Waals surface area contributed by atoms with Crippen LogP contribution >= 0.6 is 0 Å². The molecule has 2 fully saturated rings. The van der Waals surface area contributed by atoms with E-state index < -0.39 is 0 Å². The van der Waals surface area contributed by atoms with Gasteiger partial charge in [0.05, 0.1) is 11.7 Å². The second kappa shape index (κ2) is 4.81. The van der Waals surface area contributed by atoms with E-state index in [0.29, 0.717) is 12.5 Å². The van der Waals surface area contributed by atoms with Crippen molar-refractivity contribution in [1.29, 1.82) is 0 Å². The molecule has 2 rings (SSSR count). The van der Waals surface area contributed by atoms with Crippen LogP contribution in [0.5, 0.6) is 0 Å². The fourth-order valence-electron chi connectivity index (χ4n) is 3.17. The third-order valence-electron chi connectivity index (χ3n) is 4.05. The van der Waals surface area contributed by atoms with E-state index in [9.17, 15) is 5.11 Å². The van der Waals surface area contributed by atoms with E-state index in [4.69, 9.17) is 10.5 Å². The van der Waals surface area contributed by atoms with E-state index in [1.54, 1.807) is 0 Å². The fraction of sp³-hybridized carbons (Fsp3) is 1.00. The second-order valence-corrected chi connectivity index (χ2v) is 5.14. The third kappa shape index (κ3) is 2.52. The minimum atomic E-state index is -0.212. The van der Waals surface area contributed by atoms with Crippen LogP contribution in [0.15, 0.2) is 0 Å². The van der Waals surface area contributed by atoms with E-state index in [1.807, 2.05) is 0 Å². The summed E-state index contributed by atoms with van der Waals surface area (Å²) in [5, 5.41) is 9.98. The zero-order valence-corrected chi connectivity index (χ0v) is 9.45. The lowest BCUT2D eigenvalue weighted by molar-refractivity contribution is -0.113. The number of ether oxygens (including phenoxy) is 1. The Hall–Kier alpha value is -0.120. The van der Waals surface area contributed by atoms with Gasteiger partial charge in [-0.1, -0.05) is 12.8 Å². The first-order valence-electron chi connectivity index (χ1n) is 6.28. The van der Waals surface area contributed by atoms with Gasteiger partial charge in [-0.2, -0.15) is 0 Å². The van der Waals surface area contributed by atoms with Gasteiger partial charge in [0.2, 0.25) is 0 Å². The molecule has 0 amide bonds. The molecule has 1 saturated carbocycles. The molecule has 1 heterocycles. The number of hydrogen-bond acceptors (Lipinski definition) is 3. The smallest absolute Gasteiger partial charge is 0.0686 e. The van der Waals surface area contributed by atoms with Crippen LogP contribution in [0, 0.1) is 5.92 Å². The summed E-state index contributed by atoms with van der Waals surface area (Å²) in [7, 11) is 0. The van der Waals surface area contributed by atoms with Gasteiger partial charge in [0, 0.05) is 6.61 Å². The first-order chi connectivity index (χ1) is 7.26. The van der Waals surface area contributed by atoms with Crippen molar-refractivity contribution in [2.24, 2.45) is 11.7 Å². The third-order valence-corrected chi connectivity index (χ3v) is 4.05. The SMILES string of the molecule is NCCC(O)C1CCOC2(CCCC2)C1. The van der Waals surface area contributed by atoms with Crippen LogP contribution < -0.4 is 5.73 Å². The predicted octanol–water partition coefficient (Wildman–Crippen LogP) is 1.44. The molecule has 3 heteroatoms. The molecule has 1 saturated heterocycles. The van der Waals surface area contributed by atoms with Crippen LogP contribution in [-0.2, 0) is 4.74 Å². The molecule has 0 bridgehead atoms. The Morgan fingerprint density at radius 2 is 2.13 bits per heavy atom. The van der Waals surface area contributed by atoms with Gasteiger partial charge < -0.3 is 15.6 Å². The van der Waals surface area contributed by atoms with Gasteiger partial charge in [0.15, 0.2) is 0 Å². The Bertz CT molecular complexity index is 202. The van der Waals surface area contributed by atoms with Crippen molar-refractivity contribution in [3.63, 3.8) is 0 Å². The average Bonchev–Trinajstić information content (AvgIpc) is 2.67. The summed E-state index contributed by atoms with van der Waals surface area (Å²) in [5.41, 5.74) is 5.61. The van der Waals surface area contributed by atoms with E-state index in [0.717, 1.165) is 25.9 Å². The molecule has 15 heavy (non-hydrogen) atoms. The molecule has 0 aromatic carbocycles. The average molecular weight is 213 g/mol. The normalized spacial score (nSPS) is 32.0. The molecule has 2 atom stereocenters. The number of nitrogens with two attached hydrogens (primary N) is 1. The van der Waals surface area contributed by atoms with Crippen molar-refractivity contribution >= 4 is 0 Å². The Balaban J connectivity index is 1.91. The summed E-state index contributed by atoms with van der Waals surface area (Å²) in [6, 6.07) is 0. The standard InChI is InChI=1S/C12H23NO2/c13-7-3-11(14)10-4-8-15-12(9-10)5-1-2-6-12/h10-11,14H,1-9,13H2. The molecular formula is C12H23NO2. The quantitative estimate of drug-likeness (QED) is 0.746. The lowest BCUT2D eigenvalue weighted by Crippen LogP contribution is -2.41. The minimum Gasteiger partial charge on any atom is -0.393 e. The summed E-state index contributed by atoms with van der Waals surface area (Å²) in [6.45, 7) is 1.41. The molecule has 3 nitrogen and oxygen atoms in total. The van der Waals surface area contributed by atoms with Crippen LogP contribution in [0.4, 0.5) is 0 Å². The summed E-state index contributed by atoms with van der Waals surface area (Å²) in [5.74, 6) is 0.417. The monoisotopic (exact) mass is 213 g/mol. The molecule has 0 radical (unpaired) electrons.